The summed E-state index contributed by atoms with van der Waals surface area (Å²) in [4.78, 5) is 29.3. The van der Waals surface area contributed by atoms with Crippen molar-refractivity contribution in [3.05, 3.63) is 22.3 Å². The lowest BCUT2D eigenvalue weighted by atomic mass is 9.67. The van der Waals surface area contributed by atoms with E-state index in [1.807, 2.05) is 0 Å². The molecule has 1 N–H and O–H groups in total. The van der Waals surface area contributed by atoms with Gasteiger partial charge in [-0.25, -0.2) is 4.98 Å². The molecule has 29 heavy (non-hydrogen) atoms. The highest BCUT2D eigenvalue weighted by Gasteiger charge is 2.55. The maximum Gasteiger partial charge on any atom is 0.309 e. The summed E-state index contributed by atoms with van der Waals surface area (Å²) in [7, 11) is 0. The molecule has 4 rings (SSSR count). The van der Waals surface area contributed by atoms with Gasteiger partial charge in [0.1, 0.15) is 0 Å². The summed E-state index contributed by atoms with van der Waals surface area (Å²) in [5, 5.41) is 3.22. The summed E-state index contributed by atoms with van der Waals surface area (Å²) in [6.45, 7) is 1.57. The van der Waals surface area contributed by atoms with E-state index in [-0.39, 0.29) is 22.7 Å². The molecule has 1 aliphatic heterocycles. The molecule has 1 saturated heterocycles. The molecule has 1 aromatic heterocycles. The highest BCUT2D eigenvalue weighted by Crippen LogP contribution is 2.64. The number of anilines is 1. The Morgan fingerprint density at radius 2 is 1.90 bits per heavy atom. The highest BCUT2D eigenvalue weighted by molar-refractivity contribution is 8.21. The lowest BCUT2D eigenvalue weighted by Crippen LogP contribution is -2.48. The van der Waals surface area contributed by atoms with Gasteiger partial charge in [0, 0.05) is 17.7 Å². The van der Waals surface area contributed by atoms with Gasteiger partial charge >= 0.3 is 5.97 Å². The van der Waals surface area contributed by atoms with Gasteiger partial charge < -0.3 is 10.1 Å². The van der Waals surface area contributed by atoms with E-state index in [0.29, 0.717) is 20.9 Å². The molecule has 9 heteroatoms. The van der Waals surface area contributed by atoms with Crippen LogP contribution < -0.4 is 5.32 Å². The number of halogens is 2. The van der Waals surface area contributed by atoms with Crippen LogP contribution in [0.5, 0.6) is 0 Å². The Balaban J connectivity index is 1.36. The molecule has 3 aliphatic rings. The maximum atomic E-state index is 12.8. The number of hydrogen-bond donors (Lipinski definition) is 1. The zero-order chi connectivity index (χ0) is 20.6. The second kappa shape index (κ2) is 8.85. The average molecular weight is 475 g/mol. The molecule has 1 aromatic rings. The van der Waals surface area contributed by atoms with Crippen molar-refractivity contribution in [2.24, 2.45) is 17.8 Å². The van der Waals surface area contributed by atoms with Gasteiger partial charge in [0.05, 0.1) is 20.0 Å². The van der Waals surface area contributed by atoms with Crippen molar-refractivity contribution >= 4 is 64.4 Å². The SMILES string of the molecule is C[C@H](OC(=O)C1C[C@H]2CCC[C@@H](C1)C21SCCS1)C(=O)Nc1ncc(Cl)cc1Cl. The molecule has 2 heterocycles. The minimum absolute atomic E-state index is 0.120. The highest BCUT2D eigenvalue weighted by atomic mass is 35.5. The Hall–Kier alpha value is -0.630. The van der Waals surface area contributed by atoms with Gasteiger partial charge in [0.15, 0.2) is 11.9 Å². The number of nitrogens with one attached hydrogen (secondary N) is 1. The van der Waals surface area contributed by atoms with Crippen LogP contribution in [0.15, 0.2) is 12.3 Å². The largest absolute Gasteiger partial charge is 0.452 e. The van der Waals surface area contributed by atoms with E-state index in [0.717, 1.165) is 12.8 Å². The van der Waals surface area contributed by atoms with Crippen LogP contribution in [0.3, 0.4) is 0 Å². The fourth-order valence-electron chi connectivity index (χ4n) is 4.85. The molecule has 0 aromatic carbocycles. The van der Waals surface area contributed by atoms with Crippen LogP contribution >= 0.6 is 46.7 Å². The van der Waals surface area contributed by atoms with Crippen molar-refractivity contribution in [2.75, 3.05) is 16.8 Å². The molecule has 2 aliphatic carbocycles. The normalized spacial score (nSPS) is 28.7. The van der Waals surface area contributed by atoms with Crippen molar-refractivity contribution in [1.29, 1.82) is 0 Å². The number of nitrogens with zero attached hydrogens (tertiary/aromatic N) is 1. The summed E-state index contributed by atoms with van der Waals surface area (Å²) in [6.07, 6.45) is 5.86. The predicted molar refractivity (Wildman–Crippen MR) is 120 cm³/mol. The number of pyridine rings is 1. The Kier molecular flexibility index (Phi) is 6.59. The molecule has 3 fully saturated rings. The van der Waals surface area contributed by atoms with E-state index in [1.54, 1.807) is 6.92 Å². The van der Waals surface area contributed by atoms with Crippen LogP contribution in [0.4, 0.5) is 5.82 Å². The molecule has 1 amide bonds. The van der Waals surface area contributed by atoms with Crippen LogP contribution in [-0.4, -0.2) is 38.5 Å². The molecule has 1 unspecified atom stereocenters. The molecule has 158 valence electrons. The fourth-order valence-corrected chi connectivity index (χ4v) is 9.21. The van der Waals surface area contributed by atoms with E-state index >= 15 is 0 Å². The summed E-state index contributed by atoms with van der Waals surface area (Å²) in [5.74, 6) is 2.92. The number of esters is 1. The van der Waals surface area contributed by atoms with Crippen molar-refractivity contribution in [3.8, 4) is 0 Å². The van der Waals surface area contributed by atoms with Crippen LogP contribution in [-0.2, 0) is 14.3 Å². The van der Waals surface area contributed by atoms with E-state index < -0.39 is 12.0 Å². The standard InChI is InChI=1S/C20H24Cl2N2O3S2/c1-11(18(25)24-17-16(22)9-15(21)10-23-17)27-19(26)12-7-13-3-2-4-14(8-12)20(13)28-5-6-29-20/h9-14H,2-8H2,1H3,(H,23,24,25)/t11-,12?,13-,14+/m0/s1. The second-order valence-corrected chi connectivity index (χ2v) is 11.8. The van der Waals surface area contributed by atoms with Crippen molar-refractivity contribution in [2.45, 2.75) is 49.2 Å². The number of carbonyl (C=O) groups is 2. The van der Waals surface area contributed by atoms with Gasteiger partial charge in [0.25, 0.3) is 5.91 Å². The number of rotatable bonds is 4. The third-order valence-corrected chi connectivity index (χ3v) is 10.7. The number of carbonyl (C=O) groups excluding carboxylic acids is 2. The molecular formula is C20H24Cl2N2O3S2. The first-order chi connectivity index (χ1) is 13.9. The Morgan fingerprint density at radius 3 is 2.52 bits per heavy atom. The summed E-state index contributed by atoms with van der Waals surface area (Å²) in [6, 6.07) is 1.50. The minimum atomic E-state index is -0.915. The Labute approximate surface area is 189 Å². The van der Waals surface area contributed by atoms with E-state index in [1.165, 1.54) is 43.0 Å². The van der Waals surface area contributed by atoms with Crippen LogP contribution in [0.1, 0.15) is 39.0 Å². The van der Waals surface area contributed by atoms with Crippen molar-refractivity contribution < 1.29 is 14.3 Å². The van der Waals surface area contributed by atoms with Gasteiger partial charge in [-0.2, -0.15) is 0 Å². The molecular weight excluding hydrogens is 451 g/mol. The molecule has 1 spiro atoms. The van der Waals surface area contributed by atoms with Crippen LogP contribution in [0.2, 0.25) is 10.0 Å². The summed E-state index contributed by atoms with van der Waals surface area (Å²) >= 11 is 16.1. The van der Waals surface area contributed by atoms with Gasteiger partial charge in [-0.05, 0) is 50.5 Å². The summed E-state index contributed by atoms with van der Waals surface area (Å²) in [5.41, 5.74) is 0. The van der Waals surface area contributed by atoms with Gasteiger partial charge in [-0.3, -0.25) is 9.59 Å². The monoisotopic (exact) mass is 474 g/mol. The fraction of sp³-hybridized carbons (Fsp3) is 0.650. The number of amides is 1. The average Bonchev–Trinajstić information content (AvgIpc) is 3.13. The Morgan fingerprint density at radius 1 is 1.24 bits per heavy atom. The smallest absolute Gasteiger partial charge is 0.309 e. The molecule has 2 bridgehead atoms. The first-order valence-electron chi connectivity index (χ1n) is 9.99. The van der Waals surface area contributed by atoms with Gasteiger partial charge in [-0.15, -0.1) is 23.5 Å². The zero-order valence-corrected chi connectivity index (χ0v) is 19.3. The van der Waals surface area contributed by atoms with Crippen molar-refractivity contribution in [1.82, 2.24) is 4.98 Å². The molecule has 5 nitrogen and oxygen atoms in total. The first-order valence-corrected chi connectivity index (χ1v) is 12.7. The molecule has 2 saturated carbocycles. The number of thioether (sulfide) groups is 2. The van der Waals surface area contributed by atoms with E-state index in [2.05, 4.69) is 33.8 Å². The van der Waals surface area contributed by atoms with Crippen LogP contribution in [0.25, 0.3) is 0 Å². The molecule has 0 radical (unpaired) electrons. The van der Waals surface area contributed by atoms with Gasteiger partial charge in [0.2, 0.25) is 0 Å². The summed E-state index contributed by atoms with van der Waals surface area (Å²) < 4.78 is 5.86. The Bertz CT molecular complexity index is 788. The lowest BCUT2D eigenvalue weighted by molar-refractivity contribution is -0.159. The number of hydrogen-bond acceptors (Lipinski definition) is 6. The lowest BCUT2D eigenvalue weighted by Gasteiger charge is -2.51. The quantitative estimate of drug-likeness (QED) is 0.599. The number of aromatic nitrogens is 1. The number of ether oxygens (including phenoxy) is 1. The minimum Gasteiger partial charge on any atom is -0.452 e. The van der Waals surface area contributed by atoms with Gasteiger partial charge in [-0.1, -0.05) is 29.6 Å². The predicted octanol–water partition coefficient (Wildman–Crippen LogP) is 5.26. The van der Waals surface area contributed by atoms with Crippen molar-refractivity contribution in [3.63, 3.8) is 0 Å². The van der Waals surface area contributed by atoms with E-state index in [9.17, 15) is 9.59 Å². The second-order valence-electron chi connectivity index (χ2n) is 7.96. The first kappa shape index (κ1) is 21.6. The molecule has 4 atom stereocenters. The topological polar surface area (TPSA) is 68.3 Å². The third kappa shape index (κ3) is 4.39. The zero-order valence-electron chi connectivity index (χ0n) is 16.2. The third-order valence-electron chi connectivity index (χ3n) is 6.16. The van der Waals surface area contributed by atoms with E-state index in [4.69, 9.17) is 27.9 Å². The van der Waals surface area contributed by atoms with Crippen LogP contribution in [0, 0.1) is 17.8 Å². The maximum absolute atomic E-state index is 12.8.